The smallest absolute Gasteiger partial charge is 0.0941 e. The van der Waals surface area contributed by atoms with Crippen molar-refractivity contribution in [1.82, 2.24) is 0 Å². The van der Waals surface area contributed by atoms with E-state index >= 15 is 0 Å². The molecule has 1 heterocycles. The largest absolute Gasteiger partial charge is 0.389 e. The zero-order chi connectivity index (χ0) is 9.14. The van der Waals surface area contributed by atoms with E-state index in [1.165, 1.54) is 12.8 Å². The van der Waals surface area contributed by atoms with Crippen LogP contribution >= 0.6 is 22.6 Å². The predicted octanol–water partition coefficient (Wildman–Crippen LogP) is 2.13. The fraction of sp³-hybridized carbons (Fsp3) is 1.00. The number of hydrogen-bond donors (Lipinski definition) is 1. The molecule has 0 aliphatic carbocycles. The number of hydrogen-bond acceptors (Lipinski definition) is 2. The third-order valence-corrected chi connectivity index (χ3v) is 3.93. The van der Waals surface area contributed by atoms with Crippen LogP contribution in [0, 0.1) is 0 Å². The molecule has 2 nitrogen and oxygen atoms in total. The lowest BCUT2D eigenvalue weighted by Crippen LogP contribution is -2.26. The minimum absolute atomic E-state index is 0.0220. The summed E-state index contributed by atoms with van der Waals surface area (Å²) in [4.78, 5) is 0. The van der Waals surface area contributed by atoms with Crippen LogP contribution in [0.5, 0.6) is 0 Å². The lowest BCUT2D eigenvalue weighted by Gasteiger charge is -2.12. The number of aliphatic hydroxyl groups excluding tert-OH is 1. The normalized spacial score (nSPS) is 42.0. The van der Waals surface area contributed by atoms with Gasteiger partial charge in [-0.2, -0.15) is 0 Å². The SMILES string of the molecule is CCCC[C@H]1O[C@@H](C)[C@H](O)[C@@H]1I. The van der Waals surface area contributed by atoms with Gasteiger partial charge in [-0.25, -0.2) is 0 Å². The standard InChI is InChI=1S/C9H17IO2/c1-3-4-5-7-8(10)9(11)6(2)12-7/h6-9,11H,3-5H2,1-2H3/t6-,7+,8+,9-/m0/s1. The van der Waals surface area contributed by atoms with Crippen LogP contribution in [0.3, 0.4) is 0 Å². The molecule has 0 aromatic carbocycles. The minimum Gasteiger partial charge on any atom is -0.389 e. The van der Waals surface area contributed by atoms with E-state index in [9.17, 15) is 5.11 Å². The summed E-state index contributed by atoms with van der Waals surface area (Å²) in [5, 5.41) is 9.60. The first-order chi connectivity index (χ1) is 5.66. The molecule has 1 fully saturated rings. The lowest BCUT2D eigenvalue weighted by molar-refractivity contribution is 0.0189. The Balaban J connectivity index is 2.36. The average molecular weight is 284 g/mol. The molecule has 3 heteroatoms. The molecule has 12 heavy (non-hydrogen) atoms. The van der Waals surface area contributed by atoms with Crippen LogP contribution in [-0.2, 0) is 4.74 Å². The van der Waals surface area contributed by atoms with Gasteiger partial charge in [-0.3, -0.25) is 0 Å². The highest BCUT2D eigenvalue weighted by Crippen LogP contribution is 2.30. The summed E-state index contributed by atoms with van der Waals surface area (Å²) in [5.74, 6) is 0. The summed E-state index contributed by atoms with van der Waals surface area (Å²) in [6, 6.07) is 0. The third-order valence-electron chi connectivity index (χ3n) is 2.39. The molecule has 0 saturated carbocycles. The van der Waals surface area contributed by atoms with Crippen LogP contribution in [0.1, 0.15) is 33.1 Å². The van der Waals surface area contributed by atoms with Gasteiger partial charge in [0.2, 0.25) is 0 Å². The van der Waals surface area contributed by atoms with Crippen LogP contribution in [0.4, 0.5) is 0 Å². The highest BCUT2D eigenvalue weighted by atomic mass is 127. The predicted molar refractivity (Wildman–Crippen MR) is 57.7 cm³/mol. The van der Waals surface area contributed by atoms with Crippen LogP contribution < -0.4 is 0 Å². The summed E-state index contributed by atoms with van der Waals surface area (Å²) < 4.78 is 5.91. The van der Waals surface area contributed by atoms with E-state index < -0.39 is 0 Å². The Morgan fingerprint density at radius 1 is 1.50 bits per heavy atom. The number of unbranched alkanes of at least 4 members (excludes halogenated alkanes) is 1. The molecule has 0 bridgehead atoms. The summed E-state index contributed by atoms with van der Waals surface area (Å²) in [6.45, 7) is 4.12. The second kappa shape index (κ2) is 4.77. The van der Waals surface area contributed by atoms with Crippen molar-refractivity contribution in [3.05, 3.63) is 0 Å². The van der Waals surface area contributed by atoms with Gasteiger partial charge >= 0.3 is 0 Å². The number of aliphatic hydroxyl groups is 1. The molecule has 1 aliphatic heterocycles. The van der Waals surface area contributed by atoms with Crippen molar-refractivity contribution in [2.24, 2.45) is 0 Å². The topological polar surface area (TPSA) is 29.5 Å². The summed E-state index contributed by atoms with van der Waals surface area (Å²) >= 11 is 2.30. The van der Waals surface area contributed by atoms with Gasteiger partial charge in [0.15, 0.2) is 0 Å². The highest BCUT2D eigenvalue weighted by molar-refractivity contribution is 14.1. The quantitative estimate of drug-likeness (QED) is 0.635. The Morgan fingerprint density at radius 3 is 2.58 bits per heavy atom. The zero-order valence-corrected chi connectivity index (χ0v) is 9.82. The van der Waals surface area contributed by atoms with Gasteiger partial charge in [0.25, 0.3) is 0 Å². The van der Waals surface area contributed by atoms with E-state index in [1.807, 2.05) is 6.92 Å². The Kier molecular flexibility index (Phi) is 4.26. The van der Waals surface area contributed by atoms with Crippen molar-refractivity contribution in [1.29, 1.82) is 0 Å². The van der Waals surface area contributed by atoms with E-state index in [4.69, 9.17) is 4.74 Å². The molecule has 72 valence electrons. The number of rotatable bonds is 3. The van der Waals surface area contributed by atoms with E-state index in [0.717, 1.165) is 6.42 Å². The second-order valence-electron chi connectivity index (χ2n) is 3.46. The summed E-state index contributed by atoms with van der Waals surface area (Å²) in [6.07, 6.45) is 3.51. The van der Waals surface area contributed by atoms with Crippen LogP contribution in [0.25, 0.3) is 0 Å². The van der Waals surface area contributed by atoms with Gasteiger partial charge in [-0.15, -0.1) is 0 Å². The van der Waals surface area contributed by atoms with Crippen LogP contribution in [-0.4, -0.2) is 27.3 Å². The van der Waals surface area contributed by atoms with Crippen molar-refractivity contribution in [2.75, 3.05) is 0 Å². The first kappa shape index (κ1) is 10.7. The van der Waals surface area contributed by atoms with E-state index in [-0.39, 0.29) is 22.2 Å². The molecular weight excluding hydrogens is 267 g/mol. The van der Waals surface area contributed by atoms with Crippen molar-refractivity contribution in [3.63, 3.8) is 0 Å². The number of ether oxygens (including phenoxy) is 1. The fourth-order valence-electron chi connectivity index (χ4n) is 1.54. The van der Waals surface area contributed by atoms with Crippen molar-refractivity contribution >= 4 is 22.6 Å². The van der Waals surface area contributed by atoms with Gasteiger partial charge in [-0.1, -0.05) is 42.4 Å². The van der Waals surface area contributed by atoms with Gasteiger partial charge in [-0.05, 0) is 13.3 Å². The zero-order valence-electron chi connectivity index (χ0n) is 7.66. The highest BCUT2D eigenvalue weighted by Gasteiger charge is 2.38. The molecule has 1 N–H and O–H groups in total. The maximum Gasteiger partial charge on any atom is 0.0941 e. The Morgan fingerprint density at radius 2 is 2.17 bits per heavy atom. The molecule has 0 aromatic rings. The van der Waals surface area contributed by atoms with Crippen molar-refractivity contribution in [3.8, 4) is 0 Å². The molecule has 0 spiro atoms. The summed E-state index contributed by atoms with van der Waals surface area (Å²) in [7, 11) is 0. The molecule has 0 aromatic heterocycles. The van der Waals surface area contributed by atoms with E-state index in [2.05, 4.69) is 29.5 Å². The summed E-state index contributed by atoms with van der Waals surface area (Å²) in [5.41, 5.74) is 0. The maximum absolute atomic E-state index is 9.60. The van der Waals surface area contributed by atoms with E-state index in [1.54, 1.807) is 0 Å². The van der Waals surface area contributed by atoms with Gasteiger partial charge in [0.05, 0.1) is 22.2 Å². The average Bonchev–Trinajstić information content (AvgIpc) is 2.30. The van der Waals surface area contributed by atoms with Gasteiger partial charge in [0.1, 0.15) is 0 Å². The molecule has 4 atom stereocenters. The first-order valence-corrected chi connectivity index (χ1v) is 5.89. The van der Waals surface area contributed by atoms with Crippen LogP contribution in [0.2, 0.25) is 0 Å². The Bertz CT molecular complexity index is 140. The Hall–Kier alpha value is 0.650. The fourth-order valence-corrected chi connectivity index (χ4v) is 2.66. The maximum atomic E-state index is 9.60. The monoisotopic (exact) mass is 284 g/mol. The Labute approximate surface area is 87.8 Å². The molecule has 0 amide bonds. The van der Waals surface area contributed by atoms with Crippen molar-refractivity contribution < 1.29 is 9.84 Å². The number of alkyl halides is 1. The van der Waals surface area contributed by atoms with E-state index in [0.29, 0.717) is 0 Å². The first-order valence-electron chi connectivity index (χ1n) is 4.64. The second-order valence-corrected chi connectivity index (χ2v) is 4.90. The molecule has 0 unspecified atom stereocenters. The molecule has 1 saturated heterocycles. The van der Waals surface area contributed by atoms with Crippen LogP contribution in [0.15, 0.2) is 0 Å². The molecule has 1 aliphatic rings. The molecular formula is C9H17IO2. The van der Waals surface area contributed by atoms with Crippen molar-refractivity contribution in [2.45, 2.75) is 55.3 Å². The minimum atomic E-state index is -0.271. The molecule has 1 rings (SSSR count). The molecule has 0 radical (unpaired) electrons. The van der Waals surface area contributed by atoms with Gasteiger partial charge in [0, 0.05) is 0 Å². The third kappa shape index (κ3) is 2.33. The lowest BCUT2D eigenvalue weighted by atomic mass is 10.1. The van der Waals surface area contributed by atoms with Gasteiger partial charge < -0.3 is 9.84 Å². The number of halogens is 1.